The number of nitrogens with zero attached hydrogens (tertiary/aromatic N) is 2. The van der Waals surface area contributed by atoms with Crippen LogP contribution in [0.4, 0.5) is 0 Å². The Bertz CT molecular complexity index is 1030. The number of nitriles is 1. The van der Waals surface area contributed by atoms with Crippen molar-refractivity contribution < 1.29 is 4.42 Å². The molecule has 1 aromatic heterocycles. The topological polar surface area (TPSA) is 123 Å². The van der Waals surface area contributed by atoms with Gasteiger partial charge in [0.15, 0.2) is 5.58 Å². The maximum Gasteiger partial charge on any atom is 0.419 e. The Morgan fingerprint density at radius 1 is 1.18 bits per heavy atom. The number of nitrogens with two attached hydrogens (primary N) is 2. The standard InChI is InChI=1S/C20H23N5O2S/c1-25-18-9-15(6-7-19(18)27-20(25)26)14-4-2-13(3-5-14)8-16(10-21)24-28-17(11-22)12-23/h2-7,9,16-17,24H,8,11-12,22-23H2,1H3. The van der Waals surface area contributed by atoms with Gasteiger partial charge in [-0.3, -0.25) is 4.57 Å². The molecule has 28 heavy (non-hydrogen) atoms. The van der Waals surface area contributed by atoms with Crippen LogP contribution in [0.3, 0.4) is 0 Å². The van der Waals surface area contributed by atoms with Crippen molar-refractivity contribution in [2.45, 2.75) is 17.7 Å². The monoisotopic (exact) mass is 397 g/mol. The highest BCUT2D eigenvalue weighted by Gasteiger charge is 2.12. The van der Waals surface area contributed by atoms with Gasteiger partial charge in [-0.25, -0.2) is 9.52 Å². The second-order valence-corrected chi connectivity index (χ2v) is 7.66. The fourth-order valence-electron chi connectivity index (χ4n) is 2.86. The second kappa shape index (κ2) is 9.08. The summed E-state index contributed by atoms with van der Waals surface area (Å²) in [5, 5.41) is 9.47. The summed E-state index contributed by atoms with van der Waals surface area (Å²) in [7, 11) is 1.69. The van der Waals surface area contributed by atoms with Gasteiger partial charge >= 0.3 is 5.76 Å². The third kappa shape index (κ3) is 4.46. The average molecular weight is 398 g/mol. The van der Waals surface area contributed by atoms with E-state index in [4.69, 9.17) is 15.9 Å². The quantitative estimate of drug-likeness (QED) is 0.495. The molecule has 3 aromatic rings. The average Bonchev–Trinajstić information content (AvgIpc) is 3.01. The molecule has 2 aromatic carbocycles. The Hall–Kier alpha value is -2.57. The summed E-state index contributed by atoms with van der Waals surface area (Å²) in [6.45, 7) is 0.932. The second-order valence-electron chi connectivity index (χ2n) is 6.52. The minimum absolute atomic E-state index is 0.0898. The lowest BCUT2D eigenvalue weighted by molar-refractivity contribution is 0.528. The minimum atomic E-state index is -0.373. The number of fused-ring (bicyclic) bond motifs is 1. The summed E-state index contributed by atoms with van der Waals surface area (Å²) in [6.07, 6.45) is 0.584. The number of aromatic nitrogens is 1. The van der Waals surface area contributed by atoms with Crippen LogP contribution < -0.4 is 21.9 Å². The highest BCUT2D eigenvalue weighted by molar-refractivity contribution is 7.98. The van der Waals surface area contributed by atoms with Crippen LogP contribution >= 0.6 is 11.9 Å². The number of oxazole rings is 1. The third-order valence-corrected chi connectivity index (χ3v) is 5.72. The normalized spacial score (nSPS) is 12.4. The summed E-state index contributed by atoms with van der Waals surface area (Å²) >= 11 is 1.42. The van der Waals surface area contributed by atoms with Crippen molar-refractivity contribution in [3.63, 3.8) is 0 Å². The fraction of sp³-hybridized carbons (Fsp3) is 0.300. The summed E-state index contributed by atoms with van der Waals surface area (Å²) < 4.78 is 9.81. The smallest absolute Gasteiger partial charge is 0.408 e. The Morgan fingerprint density at radius 3 is 2.50 bits per heavy atom. The van der Waals surface area contributed by atoms with Gasteiger partial charge in [-0.2, -0.15) is 5.26 Å². The molecule has 146 valence electrons. The maximum absolute atomic E-state index is 11.6. The predicted molar refractivity (Wildman–Crippen MR) is 113 cm³/mol. The molecule has 0 fully saturated rings. The zero-order valence-corrected chi connectivity index (χ0v) is 16.4. The fourth-order valence-corrected chi connectivity index (χ4v) is 3.54. The number of benzene rings is 2. The number of nitrogens with one attached hydrogen (secondary N) is 1. The van der Waals surface area contributed by atoms with Gasteiger partial charge in [-0.1, -0.05) is 42.3 Å². The summed E-state index contributed by atoms with van der Waals surface area (Å²) in [6, 6.07) is 15.7. The van der Waals surface area contributed by atoms with Crippen LogP contribution in [0, 0.1) is 11.3 Å². The summed E-state index contributed by atoms with van der Waals surface area (Å²) in [4.78, 5) is 11.6. The predicted octanol–water partition coefficient (Wildman–Crippen LogP) is 1.76. The van der Waals surface area contributed by atoms with Crippen LogP contribution in [0.25, 0.3) is 22.2 Å². The molecule has 0 saturated heterocycles. The van der Waals surface area contributed by atoms with E-state index in [0.29, 0.717) is 25.1 Å². The Kier molecular flexibility index (Phi) is 6.54. The van der Waals surface area contributed by atoms with Gasteiger partial charge in [0.2, 0.25) is 0 Å². The van der Waals surface area contributed by atoms with E-state index < -0.39 is 0 Å². The molecular formula is C20H23N5O2S. The largest absolute Gasteiger partial charge is 0.419 e. The third-order valence-electron chi connectivity index (χ3n) is 4.58. The Morgan fingerprint density at radius 2 is 1.86 bits per heavy atom. The summed E-state index contributed by atoms with van der Waals surface area (Å²) in [5.74, 6) is -0.373. The first-order chi connectivity index (χ1) is 13.5. The first-order valence-electron chi connectivity index (χ1n) is 8.95. The van der Waals surface area contributed by atoms with Crippen LogP contribution in [-0.2, 0) is 13.5 Å². The molecule has 3 rings (SSSR count). The van der Waals surface area contributed by atoms with Crippen molar-refractivity contribution >= 4 is 23.0 Å². The summed E-state index contributed by atoms with van der Waals surface area (Å²) in [5.41, 5.74) is 15.7. The zero-order chi connectivity index (χ0) is 20.1. The van der Waals surface area contributed by atoms with Crippen LogP contribution in [0.5, 0.6) is 0 Å². The molecule has 1 heterocycles. The molecule has 7 nitrogen and oxygen atoms in total. The molecule has 0 saturated carbocycles. The van der Waals surface area contributed by atoms with Gasteiger partial charge in [0.05, 0.1) is 11.6 Å². The molecule has 0 aliphatic rings. The first kappa shape index (κ1) is 20.2. The minimum Gasteiger partial charge on any atom is -0.408 e. The zero-order valence-electron chi connectivity index (χ0n) is 15.6. The van der Waals surface area contributed by atoms with Crippen molar-refractivity contribution in [2.75, 3.05) is 13.1 Å². The lowest BCUT2D eigenvalue weighted by atomic mass is 10.0. The highest BCUT2D eigenvalue weighted by atomic mass is 32.2. The number of hydrogen-bond acceptors (Lipinski definition) is 7. The SMILES string of the molecule is Cn1c(=O)oc2ccc(-c3ccc(CC(C#N)NSC(CN)CN)cc3)cc21. The Balaban J connectivity index is 1.71. The molecule has 0 aliphatic heterocycles. The molecule has 0 bridgehead atoms. The van der Waals surface area contributed by atoms with E-state index in [1.54, 1.807) is 13.1 Å². The molecule has 1 unspecified atom stereocenters. The van der Waals surface area contributed by atoms with E-state index >= 15 is 0 Å². The highest BCUT2D eigenvalue weighted by Crippen LogP contribution is 2.24. The van der Waals surface area contributed by atoms with Crippen LogP contribution in [0.1, 0.15) is 5.56 Å². The van der Waals surface area contributed by atoms with Crippen LogP contribution in [0.15, 0.2) is 51.7 Å². The van der Waals surface area contributed by atoms with Gasteiger partial charge in [0.25, 0.3) is 0 Å². The number of aryl methyl sites for hydroxylation is 1. The first-order valence-corrected chi connectivity index (χ1v) is 9.83. The van der Waals surface area contributed by atoms with E-state index in [1.165, 1.54) is 16.5 Å². The van der Waals surface area contributed by atoms with E-state index in [9.17, 15) is 10.1 Å². The molecule has 0 radical (unpaired) electrons. The van der Waals surface area contributed by atoms with E-state index in [1.807, 2.05) is 36.4 Å². The van der Waals surface area contributed by atoms with Gasteiger partial charge in [0, 0.05) is 31.8 Å². The number of hydrogen-bond donors (Lipinski definition) is 3. The molecule has 1 atom stereocenters. The molecule has 0 aliphatic carbocycles. The van der Waals surface area contributed by atoms with Gasteiger partial charge < -0.3 is 15.9 Å². The molecule has 5 N–H and O–H groups in total. The van der Waals surface area contributed by atoms with Gasteiger partial charge in [0.1, 0.15) is 6.04 Å². The van der Waals surface area contributed by atoms with E-state index in [-0.39, 0.29) is 17.0 Å². The van der Waals surface area contributed by atoms with Gasteiger partial charge in [-0.15, -0.1) is 0 Å². The lowest BCUT2D eigenvalue weighted by Crippen LogP contribution is -2.33. The van der Waals surface area contributed by atoms with Crippen LogP contribution in [0.2, 0.25) is 0 Å². The van der Waals surface area contributed by atoms with Crippen LogP contribution in [-0.4, -0.2) is 28.9 Å². The number of rotatable bonds is 8. The molecule has 8 heteroatoms. The Labute approximate surface area is 167 Å². The molecular weight excluding hydrogens is 374 g/mol. The molecule has 0 spiro atoms. The van der Waals surface area contributed by atoms with E-state index in [2.05, 4.69) is 10.8 Å². The van der Waals surface area contributed by atoms with Gasteiger partial charge in [-0.05, 0) is 28.8 Å². The molecule has 0 amide bonds. The van der Waals surface area contributed by atoms with E-state index in [0.717, 1.165) is 22.2 Å². The van der Waals surface area contributed by atoms with Crippen molar-refractivity contribution in [1.29, 1.82) is 5.26 Å². The van der Waals surface area contributed by atoms with Crippen molar-refractivity contribution in [1.82, 2.24) is 9.29 Å². The van der Waals surface area contributed by atoms with Crippen molar-refractivity contribution in [2.24, 2.45) is 18.5 Å². The van der Waals surface area contributed by atoms with Crippen molar-refractivity contribution in [3.8, 4) is 17.2 Å². The maximum atomic E-state index is 11.6. The lowest BCUT2D eigenvalue weighted by Gasteiger charge is -2.16. The van der Waals surface area contributed by atoms with Crippen molar-refractivity contribution in [3.05, 3.63) is 58.6 Å².